The first-order valence-electron chi connectivity index (χ1n) is 5.99. The number of rotatable bonds is 1. The second-order valence-electron chi connectivity index (χ2n) is 5.69. The summed E-state index contributed by atoms with van der Waals surface area (Å²) in [5.41, 5.74) is 1.79. The molecule has 0 radical (unpaired) electrons. The van der Waals surface area contributed by atoms with Crippen molar-refractivity contribution in [3.8, 4) is 0 Å². The Bertz CT molecular complexity index is 479. The van der Waals surface area contributed by atoms with Crippen molar-refractivity contribution in [2.45, 2.75) is 39.0 Å². The van der Waals surface area contributed by atoms with Crippen LogP contribution in [-0.2, 0) is 16.1 Å². The number of hydrogen-bond donors (Lipinski definition) is 0. The highest BCUT2D eigenvalue weighted by atomic mass is 79.9. The van der Waals surface area contributed by atoms with Gasteiger partial charge in [0, 0.05) is 11.0 Å². The third-order valence-electron chi connectivity index (χ3n) is 2.89. The van der Waals surface area contributed by atoms with E-state index in [1.54, 1.807) is 0 Å². The molecule has 0 amide bonds. The Hall–Kier alpha value is -0.870. The fourth-order valence-electron chi connectivity index (χ4n) is 2.24. The molecule has 1 heterocycles. The number of nitrogens with zero attached hydrogens (tertiary/aromatic N) is 1. The lowest BCUT2D eigenvalue weighted by Gasteiger charge is -2.25. The summed E-state index contributed by atoms with van der Waals surface area (Å²) in [6.45, 7) is 6.45. The van der Waals surface area contributed by atoms with E-state index in [4.69, 9.17) is 4.74 Å². The van der Waals surface area contributed by atoms with Crippen LogP contribution in [0, 0.1) is 0 Å². The van der Waals surface area contributed by atoms with Crippen LogP contribution in [0.3, 0.4) is 0 Å². The van der Waals surface area contributed by atoms with Gasteiger partial charge in [-0.25, -0.2) is 4.79 Å². The first kappa shape index (κ1) is 13.6. The largest absolute Gasteiger partial charge is 0.459 e. The Kier molecular flexibility index (Phi) is 3.52. The molecule has 1 aromatic carbocycles. The van der Waals surface area contributed by atoms with Crippen molar-refractivity contribution < 1.29 is 9.53 Å². The van der Waals surface area contributed by atoms with E-state index in [1.165, 1.54) is 5.56 Å². The summed E-state index contributed by atoms with van der Waals surface area (Å²) in [6.07, 6.45) is 0. The molecule has 0 aliphatic carbocycles. The van der Waals surface area contributed by atoms with Crippen molar-refractivity contribution in [2.24, 2.45) is 0 Å². The lowest BCUT2D eigenvalue weighted by molar-refractivity contribution is -0.160. The van der Waals surface area contributed by atoms with Crippen molar-refractivity contribution >= 4 is 21.9 Å². The quantitative estimate of drug-likeness (QED) is 0.745. The molecular weight excluding hydrogens is 294 g/mol. The monoisotopic (exact) mass is 311 g/mol. The molecule has 1 aromatic rings. The summed E-state index contributed by atoms with van der Waals surface area (Å²) < 4.78 is 6.53. The van der Waals surface area contributed by atoms with Gasteiger partial charge in [0.15, 0.2) is 0 Å². The summed E-state index contributed by atoms with van der Waals surface area (Å²) in [4.78, 5) is 14.3. The SMILES string of the molecule is CN1Cc2cc(Br)ccc2C1C(=O)OC(C)(C)C. The van der Waals surface area contributed by atoms with E-state index in [1.807, 2.05) is 44.9 Å². The van der Waals surface area contributed by atoms with Gasteiger partial charge >= 0.3 is 5.97 Å². The zero-order chi connectivity index (χ0) is 13.5. The molecule has 0 bridgehead atoms. The molecule has 0 fully saturated rings. The zero-order valence-electron chi connectivity index (χ0n) is 11.2. The van der Waals surface area contributed by atoms with Crippen molar-refractivity contribution in [3.63, 3.8) is 0 Å². The van der Waals surface area contributed by atoms with Gasteiger partial charge in [0.2, 0.25) is 0 Å². The Morgan fingerprint density at radius 2 is 2.11 bits per heavy atom. The number of benzene rings is 1. The smallest absolute Gasteiger partial charge is 0.328 e. The molecule has 1 aliphatic heterocycles. The summed E-state index contributed by atoms with van der Waals surface area (Å²) in [6, 6.07) is 5.75. The van der Waals surface area contributed by atoms with E-state index in [2.05, 4.69) is 22.0 Å². The van der Waals surface area contributed by atoms with Crippen LogP contribution < -0.4 is 0 Å². The van der Waals surface area contributed by atoms with Gasteiger partial charge in [-0.2, -0.15) is 0 Å². The fourth-order valence-corrected chi connectivity index (χ4v) is 2.65. The molecule has 0 aromatic heterocycles. The van der Waals surface area contributed by atoms with Crippen molar-refractivity contribution in [3.05, 3.63) is 33.8 Å². The molecule has 1 unspecified atom stereocenters. The van der Waals surface area contributed by atoms with Crippen LogP contribution in [-0.4, -0.2) is 23.5 Å². The van der Waals surface area contributed by atoms with E-state index in [0.717, 1.165) is 16.6 Å². The number of ether oxygens (including phenoxy) is 1. The Balaban J connectivity index is 2.28. The molecule has 0 saturated heterocycles. The number of hydrogen-bond acceptors (Lipinski definition) is 3. The third-order valence-corrected chi connectivity index (χ3v) is 3.38. The number of carbonyl (C=O) groups excluding carboxylic acids is 1. The van der Waals surface area contributed by atoms with E-state index in [-0.39, 0.29) is 12.0 Å². The molecule has 18 heavy (non-hydrogen) atoms. The van der Waals surface area contributed by atoms with Crippen molar-refractivity contribution in [1.29, 1.82) is 0 Å². The summed E-state index contributed by atoms with van der Waals surface area (Å²) >= 11 is 3.46. The highest BCUT2D eigenvalue weighted by Crippen LogP contribution is 2.35. The van der Waals surface area contributed by atoms with Gasteiger partial charge in [0.1, 0.15) is 11.6 Å². The molecule has 1 aliphatic rings. The van der Waals surface area contributed by atoms with E-state index in [0.29, 0.717) is 0 Å². The van der Waals surface area contributed by atoms with Crippen molar-refractivity contribution in [1.82, 2.24) is 4.90 Å². The molecular formula is C14H18BrNO2. The van der Waals surface area contributed by atoms with Gasteiger partial charge in [-0.1, -0.05) is 22.0 Å². The van der Waals surface area contributed by atoms with E-state index < -0.39 is 5.60 Å². The lowest BCUT2D eigenvalue weighted by atomic mass is 10.0. The minimum absolute atomic E-state index is 0.175. The predicted octanol–water partition coefficient (Wildman–Crippen LogP) is 3.28. The van der Waals surface area contributed by atoms with Gasteiger partial charge in [0.25, 0.3) is 0 Å². The van der Waals surface area contributed by atoms with Crippen LogP contribution in [0.5, 0.6) is 0 Å². The Morgan fingerprint density at radius 3 is 2.72 bits per heavy atom. The predicted molar refractivity (Wildman–Crippen MR) is 74.2 cm³/mol. The van der Waals surface area contributed by atoms with Crippen molar-refractivity contribution in [2.75, 3.05) is 7.05 Å². The maximum atomic E-state index is 12.2. The molecule has 0 saturated carbocycles. The first-order valence-corrected chi connectivity index (χ1v) is 6.78. The number of esters is 1. The number of halogens is 1. The molecule has 1 atom stereocenters. The maximum absolute atomic E-state index is 12.2. The second-order valence-corrected chi connectivity index (χ2v) is 6.61. The summed E-state index contributed by atoms with van der Waals surface area (Å²) in [7, 11) is 1.95. The fraction of sp³-hybridized carbons (Fsp3) is 0.500. The van der Waals surface area contributed by atoms with Crippen LogP contribution in [0.25, 0.3) is 0 Å². The normalized spacial score (nSPS) is 19.7. The standard InChI is InChI=1S/C14H18BrNO2/c1-14(2,3)18-13(17)12-11-6-5-10(15)7-9(11)8-16(12)4/h5-7,12H,8H2,1-4H3. The lowest BCUT2D eigenvalue weighted by Crippen LogP contribution is -2.32. The van der Waals surface area contributed by atoms with Crippen LogP contribution in [0.15, 0.2) is 22.7 Å². The number of fused-ring (bicyclic) bond motifs is 1. The average Bonchev–Trinajstić information content (AvgIpc) is 2.50. The van der Waals surface area contributed by atoms with Gasteiger partial charge in [-0.15, -0.1) is 0 Å². The minimum Gasteiger partial charge on any atom is -0.459 e. The molecule has 2 rings (SSSR count). The summed E-state index contributed by atoms with van der Waals surface area (Å²) in [5.74, 6) is -0.175. The van der Waals surface area contributed by atoms with Crippen LogP contribution in [0.2, 0.25) is 0 Å². The third kappa shape index (κ3) is 2.75. The van der Waals surface area contributed by atoms with Gasteiger partial charge < -0.3 is 4.74 Å². The number of carbonyl (C=O) groups is 1. The first-order chi connectivity index (χ1) is 8.28. The van der Waals surface area contributed by atoms with E-state index >= 15 is 0 Å². The van der Waals surface area contributed by atoms with Gasteiger partial charge in [-0.3, -0.25) is 4.90 Å². The molecule has 4 heteroatoms. The highest BCUT2D eigenvalue weighted by Gasteiger charge is 2.36. The van der Waals surface area contributed by atoms with E-state index in [9.17, 15) is 4.79 Å². The molecule has 3 nitrogen and oxygen atoms in total. The number of likely N-dealkylation sites (N-methyl/N-ethyl adjacent to an activating group) is 1. The van der Waals surface area contributed by atoms with Crippen LogP contribution in [0.1, 0.15) is 37.9 Å². The molecule has 0 N–H and O–H groups in total. The topological polar surface area (TPSA) is 29.5 Å². The second kappa shape index (κ2) is 4.67. The average molecular weight is 312 g/mol. The van der Waals surface area contributed by atoms with Crippen LogP contribution >= 0.6 is 15.9 Å². The molecule has 98 valence electrons. The Labute approximate surface area is 116 Å². The highest BCUT2D eigenvalue weighted by molar-refractivity contribution is 9.10. The Morgan fingerprint density at radius 1 is 1.44 bits per heavy atom. The minimum atomic E-state index is -0.448. The zero-order valence-corrected chi connectivity index (χ0v) is 12.7. The maximum Gasteiger partial charge on any atom is 0.328 e. The van der Waals surface area contributed by atoms with Crippen LogP contribution in [0.4, 0.5) is 0 Å². The summed E-state index contributed by atoms with van der Waals surface area (Å²) in [5, 5.41) is 0. The van der Waals surface area contributed by atoms with Gasteiger partial charge in [-0.05, 0) is 51.1 Å². The van der Waals surface area contributed by atoms with Gasteiger partial charge in [0.05, 0.1) is 0 Å². The molecule has 0 spiro atoms.